The molecular weight excluding hydrogens is 364 g/mol. The number of carbonyl (C=O) groups is 2. The number of ether oxygens (including phenoxy) is 1. The van der Waals surface area contributed by atoms with Crippen LogP contribution >= 0.6 is 0 Å². The van der Waals surface area contributed by atoms with E-state index in [2.05, 4.69) is 36.1 Å². The summed E-state index contributed by atoms with van der Waals surface area (Å²) in [6.07, 6.45) is 6.41. The maximum atomic E-state index is 13.6. The van der Waals surface area contributed by atoms with Gasteiger partial charge in [-0.1, -0.05) is 35.9 Å². The molecular formula is C24H26N2O3. The summed E-state index contributed by atoms with van der Waals surface area (Å²) in [5.74, 6) is -0.133. The van der Waals surface area contributed by atoms with Crippen molar-refractivity contribution in [2.24, 2.45) is 11.8 Å². The van der Waals surface area contributed by atoms with Crippen LogP contribution in [-0.2, 0) is 19.7 Å². The molecule has 6 rings (SSSR count). The fourth-order valence-electron chi connectivity index (χ4n) is 7.19. The summed E-state index contributed by atoms with van der Waals surface area (Å²) in [5, 5.41) is 0. The number of esters is 1. The number of benzene rings is 1. The molecule has 0 N–H and O–H groups in total. The molecule has 1 aromatic carbocycles. The Hall–Kier alpha value is -2.40. The number of amides is 1. The summed E-state index contributed by atoms with van der Waals surface area (Å²) in [7, 11) is 0. The van der Waals surface area contributed by atoms with Gasteiger partial charge in [0.25, 0.3) is 5.91 Å². The smallest absolute Gasteiger partial charge is 0.343 e. The van der Waals surface area contributed by atoms with Crippen LogP contribution in [0.2, 0.25) is 0 Å². The summed E-state index contributed by atoms with van der Waals surface area (Å²) >= 11 is 0. The number of carbonyl (C=O) groups excluding carboxylic acids is 2. The minimum Gasteiger partial charge on any atom is -0.462 e. The fraction of sp³-hybridized carbons (Fsp3) is 0.500. The molecule has 1 saturated carbocycles. The van der Waals surface area contributed by atoms with E-state index in [1.807, 2.05) is 17.0 Å². The number of piperidine rings is 1. The zero-order valence-corrected chi connectivity index (χ0v) is 16.9. The molecule has 1 aliphatic carbocycles. The highest BCUT2D eigenvalue weighted by molar-refractivity contribution is 6.23. The molecule has 29 heavy (non-hydrogen) atoms. The predicted molar refractivity (Wildman–Crippen MR) is 109 cm³/mol. The average Bonchev–Trinajstić information content (AvgIpc) is 3.28. The summed E-state index contributed by atoms with van der Waals surface area (Å²) in [4.78, 5) is 30.9. The normalized spacial score (nSPS) is 38.0. The molecule has 3 fully saturated rings. The van der Waals surface area contributed by atoms with Gasteiger partial charge in [0.2, 0.25) is 0 Å². The van der Waals surface area contributed by atoms with Crippen LogP contribution in [-0.4, -0.2) is 48.6 Å². The predicted octanol–water partition coefficient (Wildman–Crippen LogP) is 2.81. The van der Waals surface area contributed by atoms with E-state index < -0.39 is 5.97 Å². The molecule has 5 atom stereocenters. The Morgan fingerprint density at radius 1 is 1.34 bits per heavy atom. The lowest BCUT2D eigenvalue weighted by atomic mass is 9.54. The third-order valence-electron chi connectivity index (χ3n) is 8.16. The van der Waals surface area contributed by atoms with Crippen LogP contribution in [0.15, 0.2) is 47.6 Å². The molecule has 0 unspecified atom stereocenters. The third-order valence-corrected chi connectivity index (χ3v) is 8.16. The molecule has 2 bridgehead atoms. The molecule has 4 heterocycles. The van der Waals surface area contributed by atoms with Crippen LogP contribution in [0.1, 0.15) is 32.3 Å². The summed E-state index contributed by atoms with van der Waals surface area (Å²) in [6.45, 7) is 6.27. The molecule has 1 aromatic rings. The van der Waals surface area contributed by atoms with Crippen molar-refractivity contribution >= 4 is 17.6 Å². The zero-order chi connectivity index (χ0) is 19.9. The number of allylic oxidation sites excluding steroid dienone is 1. The van der Waals surface area contributed by atoms with Crippen LogP contribution in [0, 0.1) is 11.8 Å². The molecule has 5 heteroatoms. The highest BCUT2D eigenvalue weighted by atomic mass is 16.5. The maximum absolute atomic E-state index is 13.6. The van der Waals surface area contributed by atoms with Gasteiger partial charge >= 0.3 is 5.97 Å². The van der Waals surface area contributed by atoms with Crippen LogP contribution in [0.3, 0.4) is 0 Å². The molecule has 150 valence electrons. The first-order valence-electron chi connectivity index (χ1n) is 10.8. The minimum atomic E-state index is -0.484. The number of anilines is 1. The van der Waals surface area contributed by atoms with Crippen molar-refractivity contribution in [2.45, 2.75) is 44.2 Å². The van der Waals surface area contributed by atoms with E-state index in [-0.39, 0.29) is 35.5 Å². The third kappa shape index (κ3) is 1.95. The lowest BCUT2D eigenvalue weighted by Gasteiger charge is -2.56. The molecule has 2 saturated heterocycles. The Morgan fingerprint density at radius 2 is 2.17 bits per heavy atom. The number of para-hydroxylation sites is 1. The largest absolute Gasteiger partial charge is 0.462 e. The van der Waals surface area contributed by atoms with Crippen LogP contribution in [0.4, 0.5) is 5.69 Å². The first-order valence-corrected chi connectivity index (χ1v) is 10.8. The highest BCUT2D eigenvalue weighted by Gasteiger charge is 2.69. The molecule has 0 aromatic heterocycles. The first-order chi connectivity index (χ1) is 14.1. The second kappa shape index (κ2) is 5.82. The van der Waals surface area contributed by atoms with Crippen molar-refractivity contribution in [3.63, 3.8) is 0 Å². The molecule has 1 amide bonds. The lowest BCUT2D eigenvalue weighted by molar-refractivity contribution is -0.140. The SMILES string of the molecule is C/C=C1/CN2CC[C@]34c5ccccc5N5C(=O)C(C(=O)OCC)=C[C@@H]([C@H]53)[C@H]1C[C@H]24. The van der Waals surface area contributed by atoms with E-state index in [0.717, 1.165) is 31.6 Å². The Kier molecular flexibility index (Phi) is 3.50. The van der Waals surface area contributed by atoms with Crippen molar-refractivity contribution in [2.75, 3.05) is 24.6 Å². The van der Waals surface area contributed by atoms with Gasteiger partial charge in [-0.25, -0.2) is 4.79 Å². The second-order valence-electron chi connectivity index (χ2n) is 9.00. The molecule has 1 spiro atoms. The summed E-state index contributed by atoms with van der Waals surface area (Å²) in [5.41, 5.74) is 3.94. The summed E-state index contributed by atoms with van der Waals surface area (Å²) in [6, 6.07) is 8.95. The van der Waals surface area contributed by atoms with E-state index in [4.69, 9.17) is 4.74 Å². The van der Waals surface area contributed by atoms with E-state index >= 15 is 0 Å². The number of hydrogen-bond acceptors (Lipinski definition) is 4. The number of nitrogens with zero attached hydrogens (tertiary/aromatic N) is 2. The topological polar surface area (TPSA) is 49.9 Å². The number of hydrogen-bond donors (Lipinski definition) is 0. The standard InChI is InChI=1S/C24H26N2O3/c1-3-14-13-25-10-9-24-18-7-5-6-8-19(18)26-21(24)16(15(14)12-20(24)25)11-17(22(26)27)23(28)29-4-2/h3,5-8,11,15-16,20-21H,4,9-10,12-13H2,1-2H3/b14-3-/t15-,16+,20-,21-,24+/m0/s1. The van der Waals surface area contributed by atoms with Gasteiger partial charge in [-0.3, -0.25) is 9.69 Å². The van der Waals surface area contributed by atoms with E-state index in [0.29, 0.717) is 12.0 Å². The zero-order valence-electron chi connectivity index (χ0n) is 16.9. The van der Waals surface area contributed by atoms with Crippen LogP contribution in [0.25, 0.3) is 0 Å². The minimum absolute atomic E-state index is 0.0244. The first kappa shape index (κ1) is 17.5. The summed E-state index contributed by atoms with van der Waals surface area (Å²) < 4.78 is 5.27. The Morgan fingerprint density at radius 3 is 2.97 bits per heavy atom. The van der Waals surface area contributed by atoms with Gasteiger partial charge < -0.3 is 9.64 Å². The molecule has 0 radical (unpaired) electrons. The van der Waals surface area contributed by atoms with Crippen molar-refractivity contribution < 1.29 is 14.3 Å². The monoisotopic (exact) mass is 390 g/mol. The van der Waals surface area contributed by atoms with Crippen molar-refractivity contribution in [3.8, 4) is 0 Å². The van der Waals surface area contributed by atoms with Gasteiger partial charge in [0.1, 0.15) is 5.57 Å². The van der Waals surface area contributed by atoms with Gasteiger partial charge in [-0.05, 0) is 50.8 Å². The van der Waals surface area contributed by atoms with Crippen molar-refractivity contribution in [1.82, 2.24) is 4.90 Å². The molecule has 5 nitrogen and oxygen atoms in total. The van der Waals surface area contributed by atoms with Gasteiger partial charge in [-0.15, -0.1) is 0 Å². The Balaban J connectivity index is 1.61. The Labute approximate surface area is 171 Å². The lowest BCUT2D eigenvalue weighted by Crippen LogP contribution is -2.66. The molecule has 5 aliphatic rings. The molecule has 4 aliphatic heterocycles. The number of fused-ring (bicyclic) bond motifs is 4. The highest BCUT2D eigenvalue weighted by Crippen LogP contribution is 2.64. The quantitative estimate of drug-likeness (QED) is 0.443. The average molecular weight is 390 g/mol. The number of rotatable bonds is 2. The van der Waals surface area contributed by atoms with Crippen molar-refractivity contribution in [3.05, 3.63) is 53.1 Å². The Bertz CT molecular complexity index is 996. The van der Waals surface area contributed by atoms with Gasteiger partial charge in [-0.2, -0.15) is 0 Å². The van der Waals surface area contributed by atoms with Gasteiger partial charge in [0, 0.05) is 29.6 Å². The maximum Gasteiger partial charge on any atom is 0.343 e. The van der Waals surface area contributed by atoms with Crippen molar-refractivity contribution in [1.29, 1.82) is 0 Å². The van der Waals surface area contributed by atoms with Gasteiger partial charge in [0.05, 0.1) is 12.6 Å². The van der Waals surface area contributed by atoms with Gasteiger partial charge in [0.15, 0.2) is 0 Å². The van der Waals surface area contributed by atoms with Crippen LogP contribution in [0.5, 0.6) is 0 Å². The van der Waals surface area contributed by atoms with E-state index in [1.165, 1.54) is 11.1 Å². The second-order valence-corrected chi connectivity index (χ2v) is 9.00. The van der Waals surface area contributed by atoms with E-state index in [9.17, 15) is 9.59 Å². The fourth-order valence-corrected chi connectivity index (χ4v) is 7.19. The van der Waals surface area contributed by atoms with Crippen LogP contribution < -0.4 is 4.90 Å². The van der Waals surface area contributed by atoms with E-state index in [1.54, 1.807) is 6.92 Å².